The van der Waals surface area contributed by atoms with Crippen LogP contribution in [0.25, 0.3) is 0 Å². The van der Waals surface area contributed by atoms with E-state index in [0.29, 0.717) is 11.7 Å². The van der Waals surface area contributed by atoms with Gasteiger partial charge in [-0.25, -0.2) is 0 Å². The molecular formula is C33H44N2O4. The molecule has 3 atom stereocenters. The molecule has 0 radical (unpaired) electrons. The average Bonchev–Trinajstić information content (AvgIpc) is 3.75. The lowest BCUT2D eigenvalue weighted by Gasteiger charge is -2.61. The molecule has 0 aromatic heterocycles. The fraction of sp³-hybridized carbons (Fsp3) is 0.576. The number of piperidine rings is 1. The Kier molecular flexibility index (Phi) is 8.16. The van der Waals surface area contributed by atoms with Gasteiger partial charge in [-0.2, -0.15) is 0 Å². The molecule has 3 aliphatic rings. The van der Waals surface area contributed by atoms with Crippen molar-refractivity contribution in [2.24, 2.45) is 11.8 Å². The SMILES string of the molecule is COC12CC[C@H](N(CC(C)C)C(=O)c3ccccc3)CC1(c1cccc(OC(C)=O)c1)CCN(CC1CC1)C2. The Morgan fingerprint density at radius 2 is 1.82 bits per heavy atom. The van der Waals surface area contributed by atoms with Gasteiger partial charge in [-0.15, -0.1) is 0 Å². The number of carbonyl (C=O) groups excluding carboxylic acids is 2. The number of hydrogen-bond acceptors (Lipinski definition) is 5. The van der Waals surface area contributed by atoms with Crippen LogP contribution in [0, 0.1) is 11.8 Å². The summed E-state index contributed by atoms with van der Waals surface area (Å²) in [6.07, 6.45) is 6.22. The highest BCUT2D eigenvalue weighted by Gasteiger charge is 2.60. The van der Waals surface area contributed by atoms with Crippen LogP contribution in [0.2, 0.25) is 0 Å². The molecule has 210 valence electrons. The predicted molar refractivity (Wildman–Crippen MR) is 153 cm³/mol. The van der Waals surface area contributed by atoms with Gasteiger partial charge < -0.3 is 19.3 Å². The summed E-state index contributed by atoms with van der Waals surface area (Å²) in [7, 11) is 1.87. The molecule has 2 unspecified atom stereocenters. The maximum atomic E-state index is 13.9. The highest BCUT2D eigenvalue weighted by Crippen LogP contribution is 2.55. The van der Waals surface area contributed by atoms with Gasteiger partial charge in [0.25, 0.3) is 5.91 Å². The van der Waals surface area contributed by atoms with Crippen LogP contribution in [0.3, 0.4) is 0 Å². The number of amides is 1. The number of methoxy groups -OCH3 is 1. The fourth-order valence-electron chi connectivity index (χ4n) is 7.21. The van der Waals surface area contributed by atoms with Crippen LogP contribution in [-0.4, -0.2) is 66.6 Å². The van der Waals surface area contributed by atoms with Crippen molar-refractivity contribution in [3.8, 4) is 5.75 Å². The summed E-state index contributed by atoms with van der Waals surface area (Å²) in [5.74, 6) is 1.53. The van der Waals surface area contributed by atoms with E-state index in [1.54, 1.807) is 0 Å². The third kappa shape index (κ3) is 5.78. The maximum Gasteiger partial charge on any atom is 0.308 e. The third-order valence-electron chi connectivity index (χ3n) is 9.21. The van der Waals surface area contributed by atoms with Crippen LogP contribution in [0.4, 0.5) is 0 Å². The van der Waals surface area contributed by atoms with Crippen molar-refractivity contribution in [3.63, 3.8) is 0 Å². The van der Waals surface area contributed by atoms with Gasteiger partial charge in [-0.3, -0.25) is 9.59 Å². The lowest BCUT2D eigenvalue weighted by atomic mass is 9.54. The summed E-state index contributed by atoms with van der Waals surface area (Å²) in [4.78, 5) is 30.5. The van der Waals surface area contributed by atoms with Gasteiger partial charge in [0, 0.05) is 50.7 Å². The first kappa shape index (κ1) is 27.9. The Labute approximate surface area is 233 Å². The second kappa shape index (κ2) is 11.4. The molecule has 2 aromatic carbocycles. The Bertz CT molecular complexity index is 1160. The maximum absolute atomic E-state index is 13.9. The van der Waals surface area contributed by atoms with Gasteiger partial charge in [0.05, 0.1) is 5.60 Å². The van der Waals surface area contributed by atoms with Crippen molar-refractivity contribution in [2.45, 2.75) is 76.4 Å². The molecule has 0 N–H and O–H groups in total. The zero-order valence-electron chi connectivity index (χ0n) is 24.0. The normalized spacial score (nSPS) is 27.2. The number of benzene rings is 2. The van der Waals surface area contributed by atoms with Crippen molar-refractivity contribution >= 4 is 11.9 Å². The van der Waals surface area contributed by atoms with Crippen molar-refractivity contribution in [3.05, 3.63) is 65.7 Å². The van der Waals surface area contributed by atoms with E-state index in [1.807, 2.05) is 55.6 Å². The van der Waals surface area contributed by atoms with Gasteiger partial charge in [-0.1, -0.05) is 44.2 Å². The minimum absolute atomic E-state index is 0.0933. The van der Waals surface area contributed by atoms with E-state index in [9.17, 15) is 9.59 Å². The average molecular weight is 533 g/mol. The first-order chi connectivity index (χ1) is 18.7. The van der Waals surface area contributed by atoms with Crippen molar-refractivity contribution < 1.29 is 19.1 Å². The van der Waals surface area contributed by atoms with E-state index in [2.05, 4.69) is 29.7 Å². The fourth-order valence-corrected chi connectivity index (χ4v) is 7.21. The number of nitrogens with zero attached hydrogens (tertiary/aromatic N) is 2. The lowest BCUT2D eigenvalue weighted by Crippen LogP contribution is -2.68. The number of likely N-dealkylation sites (tertiary alicyclic amines) is 1. The van der Waals surface area contributed by atoms with Crippen LogP contribution in [0.1, 0.15) is 75.2 Å². The summed E-state index contributed by atoms with van der Waals surface area (Å²) in [6.45, 7) is 9.56. The van der Waals surface area contributed by atoms with Crippen LogP contribution in [0.15, 0.2) is 54.6 Å². The molecule has 6 nitrogen and oxygen atoms in total. The van der Waals surface area contributed by atoms with Crippen molar-refractivity contribution in [1.82, 2.24) is 9.80 Å². The van der Waals surface area contributed by atoms with E-state index in [0.717, 1.165) is 68.9 Å². The van der Waals surface area contributed by atoms with Gasteiger partial charge in [0.15, 0.2) is 0 Å². The molecule has 6 heteroatoms. The number of esters is 1. The Morgan fingerprint density at radius 1 is 1.05 bits per heavy atom. The molecule has 0 bridgehead atoms. The zero-order valence-corrected chi connectivity index (χ0v) is 24.0. The van der Waals surface area contributed by atoms with Crippen LogP contribution < -0.4 is 4.74 Å². The minimum Gasteiger partial charge on any atom is -0.427 e. The van der Waals surface area contributed by atoms with E-state index >= 15 is 0 Å². The zero-order chi connectivity index (χ0) is 27.6. The second-order valence-electron chi connectivity index (χ2n) is 12.4. The third-order valence-corrected chi connectivity index (χ3v) is 9.21. The molecule has 1 saturated heterocycles. The summed E-state index contributed by atoms with van der Waals surface area (Å²) in [6, 6.07) is 17.8. The quantitative estimate of drug-likeness (QED) is 0.306. The van der Waals surface area contributed by atoms with Crippen molar-refractivity contribution in [1.29, 1.82) is 0 Å². The number of hydrogen-bond donors (Lipinski definition) is 0. The first-order valence-electron chi connectivity index (χ1n) is 14.7. The standard InChI is InChI=1S/C33H44N2O4/c1-24(2)21-35(31(37)27-9-6-5-7-10-27)29-15-16-33(38-4)23-34(22-26-13-14-26)18-17-32(33,20-29)28-11-8-12-30(19-28)39-25(3)36/h5-12,19,24,26,29H,13-18,20-23H2,1-4H3/t29-,32?,33?/m0/s1. The molecule has 1 heterocycles. The molecule has 1 amide bonds. The topological polar surface area (TPSA) is 59.1 Å². The largest absolute Gasteiger partial charge is 0.427 e. The molecule has 2 aliphatic carbocycles. The number of fused-ring (bicyclic) bond motifs is 1. The van der Waals surface area contributed by atoms with E-state index in [1.165, 1.54) is 19.8 Å². The van der Waals surface area contributed by atoms with E-state index in [-0.39, 0.29) is 28.9 Å². The molecule has 39 heavy (non-hydrogen) atoms. The van der Waals surface area contributed by atoms with Crippen molar-refractivity contribution in [2.75, 3.05) is 33.3 Å². The van der Waals surface area contributed by atoms with E-state index in [4.69, 9.17) is 9.47 Å². The molecule has 0 spiro atoms. The monoisotopic (exact) mass is 532 g/mol. The Morgan fingerprint density at radius 3 is 2.49 bits per heavy atom. The minimum atomic E-state index is -0.370. The smallest absolute Gasteiger partial charge is 0.308 e. The van der Waals surface area contributed by atoms with Gasteiger partial charge in [0.2, 0.25) is 0 Å². The summed E-state index contributed by atoms with van der Waals surface area (Å²) in [5.41, 5.74) is 1.22. The molecule has 3 fully saturated rings. The second-order valence-corrected chi connectivity index (χ2v) is 12.4. The molecule has 2 aromatic rings. The van der Waals surface area contributed by atoms with Gasteiger partial charge >= 0.3 is 5.97 Å². The highest BCUT2D eigenvalue weighted by atomic mass is 16.5. The van der Waals surface area contributed by atoms with E-state index < -0.39 is 0 Å². The Balaban J connectivity index is 1.54. The lowest BCUT2D eigenvalue weighted by molar-refractivity contribution is -0.155. The predicted octanol–water partition coefficient (Wildman–Crippen LogP) is 5.70. The molecule has 1 aliphatic heterocycles. The molecule has 5 rings (SSSR count). The summed E-state index contributed by atoms with van der Waals surface area (Å²) < 4.78 is 12.1. The first-order valence-corrected chi connectivity index (χ1v) is 14.7. The summed E-state index contributed by atoms with van der Waals surface area (Å²) in [5, 5.41) is 0. The van der Waals surface area contributed by atoms with Crippen LogP contribution in [-0.2, 0) is 14.9 Å². The van der Waals surface area contributed by atoms with Crippen LogP contribution in [0.5, 0.6) is 5.75 Å². The molecule has 2 saturated carbocycles. The van der Waals surface area contributed by atoms with Gasteiger partial charge in [0.1, 0.15) is 5.75 Å². The number of carbonyl (C=O) groups is 2. The van der Waals surface area contributed by atoms with Gasteiger partial charge in [-0.05, 0) is 86.7 Å². The number of rotatable bonds is 9. The summed E-state index contributed by atoms with van der Waals surface area (Å²) >= 11 is 0. The number of ether oxygens (including phenoxy) is 2. The van der Waals surface area contributed by atoms with Crippen LogP contribution >= 0.6 is 0 Å². The highest BCUT2D eigenvalue weighted by molar-refractivity contribution is 5.94. The molecular weight excluding hydrogens is 488 g/mol. The Hall–Kier alpha value is -2.70.